The van der Waals surface area contributed by atoms with Crippen LogP contribution in [0.3, 0.4) is 0 Å². The molecule has 1 aliphatic rings. The molecule has 5 nitrogen and oxygen atoms in total. The lowest BCUT2D eigenvalue weighted by atomic mass is 10.2. The van der Waals surface area contributed by atoms with Gasteiger partial charge in [0.1, 0.15) is 0 Å². The molecule has 0 saturated carbocycles. The number of nitriles is 1. The van der Waals surface area contributed by atoms with E-state index in [2.05, 4.69) is 16.5 Å². The minimum atomic E-state index is -3.47. The second-order valence-corrected chi connectivity index (χ2v) is 6.18. The fourth-order valence-electron chi connectivity index (χ4n) is 1.95. The first-order valence-electron chi connectivity index (χ1n) is 5.63. The molecule has 1 heterocycles. The van der Waals surface area contributed by atoms with Crippen LogP contribution < -0.4 is 4.72 Å². The molecule has 2 unspecified atom stereocenters. The molecule has 1 rings (SSSR count). The SMILES string of the molecule is CCN1CCCC1CNS(=O)(=O)C(C)C#N. The van der Waals surface area contributed by atoms with Gasteiger partial charge in [-0.05, 0) is 32.9 Å². The van der Waals surface area contributed by atoms with Gasteiger partial charge in [0.25, 0.3) is 0 Å². The number of hydrogen-bond acceptors (Lipinski definition) is 4. The molecule has 0 aliphatic carbocycles. The van der Waals surface area contributed by atoms with Crippen LogP contribution in [0.15, 0.2) is 0 Å². The summed E-state index contributed by atoms with van der Waals surface area (Å²) in [5.41, 5.74) is 0. The van der Waals surface area contributed by atoms with Crippen LogP contribution in [0.5, 0.6) is 0 Å². The Labute approximate surface area is 97.5 Å². The van der Waals surface area contributed by atoms with Gasteiger partial charge < -0.3 is 0 Å². The van der Waals surface area contributed by atoms with E-state index in [1.165, 1.54) is 6.92 Å². The Hall–Kier alpha value is -0.640. The Morgan fingerprint density at radius 2 is 2.31 bits per heavy atom. The maximum absolute atomic E-state index is 11.6. The zero-order valence-electron chi connectivity index (χ0n) is 9.81. The van der Waals surface area contributed by atoms with Gasteiger partial charge in [0.2, 0.25) is 10.0 Å². The van der Waals surface area contributed by atoms with Crippen molar-refractivity contribution in [3.63, 3.8) is 0 Å². The van der Waals surface area contributed by atoms with Gasteiger partial charge in [-0.2, -0.15) is 5.26 Å². The van der Waals surface area contributed by atoms with E-state index in [-0.39, 0.29) is 6.04 Å². The molecule has 2 atom stereocenters. The van der Waals surface area contributed by atoms with Crippen LogP contribution >= 0.6 is 0 Å². The maximum atomic E-state index is 11.6. The molecule has 0 radical (unpaired) electrons. The van der Waals surface area contributed by atoms with Gasteiger partial charge in [0, 0.05) is 12.6 Å². The van der Waals surface area contributed by atoms with E-state index in [9.17, 15) is 8.42 Å². The first kappa shape index (κ1) is 13.4. The summed E-state index contributed by atoms with van der Waals surface area (Å²) in [6, 6.07) is 2.02. The van der Waals surface area contributed by atoms with Crippen molar-refractivity contribution in [3.8, 4) is 6.07 Å². The molecule has 0 amide bonds. The van der Waals surface area contributed by atoms with Crippen LogP contribution in [-0.4, -0.2) is 44.2 Å². The number of likely N-dealkylation sites (N-methyl/N-ethyl adjacent to an activating group) is 1. The average molecular weight is 245 g/mol. The molecule has 1 saturated heterocycles. The van der Waals surface area contributed by atoms with Gasteiger partial charge in [-0.3, -0.25) is 4.90 Å². The highest BCUT2D eigenvalue weighted by Crippen LogP contribution is 2.16. The van der Waals surface area contributed by atoms with Crippen molar-refractivity contribution in [2.24, 2.45) is 0 Å². The Bertz CT molecular complexity index is 361. The molecule has 1 aliphatic heterocycles. The van der Waals surface area contributed by atoms with E-state index in [1.54, 1.807) is 6.07 Å². The Kier molecular flexibility index (Phi) is 4.71. The van der Waals surface area contributed by atoms with Crippen LogP contribution in [0, 0.1) is 11.3 Å². The van der Waals surface area contributed by atoms with Crippen LogP contribution in [0.2, 0.25) is 0 Å². The molecule has 0 aromatic heterocycles. The minimum absolute atomic E-state index is 0.283. The predicted octanol–water partition coefficient (Wildman–Crippen LogP) is 0.302. The van der Waals surface area contributed by atoms with E-state index in [0.717, 1.165) is 25.9 Å². The molecule has 1 fully saturated rings. The van der Waals surface area contributed by atoms with Gasteiger partial charge in [0.05, 0.1) is 6.07 Å². The van der Waals surface area contributed by atoms with Gasteiger partial charge in [-0.25, -0.2) is 13.1 Å². The third-order valence-electron chi connectivity index (χ3n) is 3.07. The van der Waals surface area contributed by atoms with E-state index in [4.69, 9.17) is 5.26 Å². The molecular weight excluding hydrogens is 226 g/mol. The van der Waals surface area contributed by atoms with Crippen molar-refractivity contribution in [1.82, 2.24) is 9.62 Å². The lowest BCUT2D eigenvalue weighted by Crippen LogP contribution is -2.42. The standard InChI is InChI=1S/C10H19N3O2S/c1-3-13-6-4-5-10(13)8-12-16(14,15)9(2)7-11/h9-10,12H,3-6,8H2,1-2H3. The smallest absolute Gasteiger partial charge is 0.227 e. The molecule has 16 heavy (non-hydrogen) atoms. The van der Waals surface area contributed by atoms with Gasteiger partial charge in [0.15, 0.2) is 5.25 Å². The number of hydrogen-bond donors (Lipinski definition) is 1. The monoisotopic (exact) mass is 245 g/mol. The summed E-state index contributed by atoms with van der Waals surface area (Å²) < 4.78 is 25.6. The second kappa shape index (κ2) is 5.62. The van der Waals surface area contributed by atoms with Crippen LogP contribution in [0.25, 0.3) is 0 Å². The quantitative estimate of drug-likeness (QED) is 0.756. The normalized spacial score (nSPS) is 24.2. The van der Waals surface area contributed by atoms with Gasteiger partial charge in [-0.15, -0.1) is 0 Å². The zero-order valence-corrected chi connectivity index (χ0v) is 10.6. The van der Waals surface area contributed by atoms with Crippen LogP contribution in [0.4, 0.5) is 0 Å². The summed E-state index contributed by atoms with van der Waals surface area (Å²) in [4.78, 5) is 2.26. The summed E-state index contributed by atoms with van der Waals surface area (Å²) in [7, 11) is -3.47. The second-order valence-electron chi connectivity index (χ2n) is 4.09. The topological polar surface area (TPSA) is 73.2 Å². The molecule has 0 bridgehead atoms. The number of sulfonamides is 1. The Morgan fingerprint density at radius 3 is 2.88 bits per heavy atom. The summed E-state index contributed by atoms with van der Waals surface area (Å²) in [5, 5.41) is 7.60. The van der Waals surface area contributed by atoms with Crippen molar-refractivity contribution >= 4 is 10.0 Å². The minimum Gasteiger partial charge on any atom is -0.299 e. The summed E-state index contributed by atoms with van der Waals surface area (Å²) in [5.74, 6) is 0. The van der Waals surface area contributed by atoms with E-state index >= 15 is 0 Å². The number of rotatable bonds is 5. The number of nitrogens with one attached hydrogen (secondary N) is 1. The highest BCUT2D eigenvalue weighted by Gasteiger charge is 2.26. The molecule has 6 heteroatoms. The molecular formula is C10H19N3O2S. The number of nitrogens with zero attached hydrogens (tertiary/aromatic N) is 2. The van der Waals surface area contributed by atoms with Gasteiger partial charge in [-0.1, -0.05) is 6.92 Å². The summed E-state index contributed by atoms with van der Waals surface area (Å²) in [6.07, 6.45) is 2.14. The van der Waals surface area contributed by atoms with Crippen LogP contribution in [0.1, 0.15) is 26.7 Å². The average Bonchev–Trinajstić information content (AvgIpc) is 2.72. The first-order valence-corrected chi connectivity index (χ1v) is 7.18. The zero-order chi connectivity index (χ0) is 12.2. The molecule has 1 N–H and O–H groups in total. The highest BCUT2D eigenvalue weighted by molar-refractivity contribution is 7.90. The Morgan fingerprint density at radius 1 is 1.62 bits per heavy atom. The van der Waals surface area contributed by atoms with E-state index in [1.807, 2.05) is 0 Å². The van der Waals surface area contributed by atoms with E-state index < -0.39 is 15.3 Å². The Balaban J connectivity index is 2.49. The molecule has 0 aromatic carbocycles. The lowest BCUT2D eigenvalue weighted by molar-refractivity contribution is 0.268. The van der Waals surface area contributed by atoms with Crippen LogP contribution in [-0.2, 0) is 10.0 Å². The molecule has 92 valence electrons. The molecule has 0 spiro atoms. The third kappa shape index (κ3) is 3.17. The van der Waals surface area contributed by atoms with Crippen molar-refractivity contribution in [2.75, 3.05) is 19.6 Å². The van der Waals surface area contributed by atoms with Crippen molar-refractivity contribution in [2.45, 2.75) is 38.0 Å². The van der Waals surface area contributed by atoms with E-state index in [0.29, 0.717) is 6.54 Å². The molecule has 0 aromatic rings. The fourth-order valence-corrected chi connectivity index (χ4v) is 2.76. The predicted molar refractivity (Wildman–Crippen MR) is 62.3 cm³/mol. The van der Waals surface area contributed by atoms with Crippen molar-refractivity contribution < 1.29 is 8.42 Å². The van der Waals surface area contributed by atoms with Crippen molar-refractivity contribution in [1.29, 1.82) is 5.26 Å². The fraction of sp³-hybridized carbons (Fsp3) is 0.900. The highest BCUT2D eigenvalue weighted by atomic mass is 32.2. The summed E-state index contributed by atoms with van der Waals surface area (Å²) in [6.45, 7) is 5.87. The van der Waals surface area contributed by atoms with Gasteiger partial charge >= 0.3 is 0 Å². The summed E-state index contributed by atoms with van der Waals surface area (Å²) >= 11 is 0. The maximum Gasteiger partial charge on any atom is 0.227 e. The first-order chi connectivity index (χ1) is 7.51. The third-order valence-corrected chi connectivity index (χ3v) is 4.68. The largest absolute Gasteiger partial charge is 0.299 e. The lowest BCUT2D eigenvalue weighted by Gasteiger charge is -2.23. The number of likely N-dealkylation sites (tertiary alicyclic amines) is 1. The van der Waals surface area contributed by atoms with Crippen molar-refractivity contribution in [3.05, 3.63) is 0 Å².